The van der Waals surface area contributed by atoms with Crippen molar-refractivity contribution in [1.82, 2.24) is 0 Å². The average molecular weight is 936 g/mol. The first-order valence-corrected chi connectivity index (χ1v) is 27.8. The van der Waals surface area contributed by atoms with Crippen molar-refractivity contribution < 1.29 is 42.7 Å². The van der Waals surface area contributed by atoms with Gasteiger partial charge in [-0.15, -0.1) is 0 Å². The Morgan fingerprint density at radius 2 is 0.846 bits per heavy atom. The SMILES string of the molecule is CCCCC/C=C\C/C=C\C/C=C\CCCCCCCCC(=O)OC(COCCCCCCCCCCCCCC/C=C\C/C=C\CCCCCCC)COP(=O)(O)OCC(N)C(=O)O. The Morgan fingerprint density at radius 1 is 0.492 bits per heavy atom. The minimum atomic E-state index is -4.63. The maximum atomic E-state index is 12.7. The molecule has 0 aromatic rings. The van der Waals surface area contributed by atoms with Crippen LogP contribution in [-0.4, -0.2) is 60.5 Å². The quantitative estimate of drug-likeness (QED) is 0.0232. The molecule has 0 rings (SSSR count). The highest BCUT2D eigenvalue weighted by Gasteiger charge is 2.27. The Labute approximate surface area is 398 Å². The van der Waals surface area contributed by atoms with Crippen molar-refractivity contribution in [2.75, 3.05) is 26.4 Å². The molecule has 0 fully saturated rings. The van der Waals surface area contributed by atoms with Crippen LogP contribution in [0, 0.1) is 0 Å². The summed E-state index contributed by atoms with van der Waals surface area (Å²) >= 11 is 0. The largest absolute Gasteiger partial charge is 0.480 e. The molecule has 4 N–H and O–H groups in total. The van der Waals surface area contributed by atoms with Gasteiger partial charge in [0.2, 0.25) is 0 Å². The molecule has 0 spiro atoms. The molecule has 10 nitrogen and oxygen atoms in total. The number of phosphoric acid groups is 1. The molecule has 0 saturated heterocycles. The maximum absolute atomic E-state index is 12.7. The van der Waals surface area contributed by atoms with Crippen LogP contribution in [0.5, 0.6) is 0 Å². The molecule has 65 heavy (non-hydrogen) atoms. The summed E-state index contributed by atoms with van der Waals surface area (Å²) in [6, 6.07) is -1.48. The van der Waals surface area contributed by atoms with Crippen molar-refractivity contribution in [3.63, 3.8) is 0 Å². The Kier molecular flexibility index (Phi) is 47.8. The minimum absolute atomic E-state index is 0.00923. The second-order valence-corrected chi connectivity index (χ2v) is 19.1. The molecular formula is C54H98NO9P. The highest BCUT2D eigenvalue weighted by molar-refractivity contribution is 7.47. The number of unbranched alkanes of at least 4 members (excludes halogenated alkanes) is 26. The van der Waals surface area contributed by atoms with Crippen molar-refractivity contribution in [3.05, 3.63) is 60.8 Å². The lowest BCUT2D eigenvalue weighted by Gasteiger charge is -2.20. The Morgan fingerprint density at radius 3 is 1.29 bits per heavy atom. The lowest BCUT2D eigenvalue weighted by Crippen LogP contribution is -2.34. The summed E-state index contributed by atoms with van der Waals surface area (Å²) in [7, 11) is -4.63. The third-order valence-electron chi connectivity index (χ3n) is 11.3. The number of carboxylic acids is 1. The van der Waals surface area contributed by atoms with E-state index in [0.29, 0.717) is 13.0 Å². The number of hydrogen-bond acceptors (Lipinski definition) is 8. The molecule has 0 aliphatic heterocycles. The van der Waals surface area contributed by atoms with E-state index in [2.05, 4.69) is 74.6 Å². The number of aliphatic carboxylic acids is 1. The average Bonchev–Trinajstić information content (AvgIpc) is 3.29. The number of ether oxygens (including phenoxy) is 2. The lowest BCUT2D eigenvalue weighted by atomic mass is 10.0. The summed E-state index contributed by atoms with van der Waals surface area (Å²) in [6.07, 6.45) is 61.3. The third kappa shape index (κ3) is 49.4. The fourth-order valence-electron chi connectivity index (χ4n) is 7.17. The van der Waals surface area contributed by atoms with Crippen LogP contribution in [0.25, 0.3) is 0 Å². The number of carbonyl (C=O) groups is 2. The van der Waals surface area contributed by atoms with Crippen LogP contribution in [0.3, 0.4) is 0 Å². The molecule has 378 valence electrons. The van der Waals surface area contributed by atoms with E-state index in [9.17, 15) is 19.0 Å². The van der Waals surface area contributed by atoms with Gasteiger partial charge < -0.3 is 25.2 Å². The van der Waals surface area contributed by atoms with Gasteiger partial charge in [-0.25, -0.2) is 4.57 Å². The highest BCUT2D eigenvalue weighted by atomic mass is 31.2. The minimum Gasteiger partial charge on any atom is -0.480 e. The Balaban J connectivity index is 4.14. The van der Waals surface area contributed by atoms with Crippen molar-refractivity contribution in [1.29, 1.82) is 0 Å². The normalized spacial score (nSPS) is 14.2. The molecule has 0 aliphatic carbocycles. The summed E-state index contributed by atoms with van der Waals surface area (Å²) in [5, 5.41) is 8.93. The van der Waals surface area contributed by atoms with Crippen molar-refractivity contribution in [2.24, 2.45) is 5.73 Å². The van der Waals surface area contributed by atoms with Crippen LogP contribution in [0.4, 0.5) is 0 Å². The second kappa shape index (κ2) is 49.6. The predicted octanol–water partition coefficient (Wildman–Crippen LogP) is 15.5. The van der Waals surface area contributed by atoms with Gasteiger partial charge in [0.05, 0.1) is 19.8 Å². The molecule has 11 heteroatoms. The molecule has 0 aromatic carbocycles. The summed E-state index contributed by atoms with van der Waals surface area (Å²) in [5.41, 5.74) is 5.38. The third-order valence-corrected chi connectivity index (χ3v) is 12.2. The van der Waals surface area contributed by atoms with Gasteiger partial charge in [-0.3, -0.25) is 18.6 Å². The summed E-state index contributed by atoms with van der Waals surface area (Å²) < 4.78 is 33.5. The van der Waals surface area contributed by atoms with E-state index in [1.807, 2.05) is 0 Å². The molecule has 3 unspecified atom stereocenters. The number of carbonyl (C=O) groups excluding carboxylic acids is 1. The molecule has 0 bridgehead atoms. The number of carboxylic acid groups (broad SMARTS) is 1. The number of rotatable bonds is 50. The predicted molar refractivity (Wildman–Crippen MR) is 272 cm³/mol. The van der Waals surface area contributed by atoms with Gasteiger partial charge >= 0.3 is 19.8 Å². The van der Waals surface area contributed by atoms with Gasteiger partial charge in [0, 0.05) is 13.0 Å². The van der Waals surface area contributed by atoms with E-state index in [1.54, 1.807) is 0 Å². The first kappa shape index (κ1) is 62.7. The highest BCUT2D eigenvalue weighted by Crippen LogP contribution is 2.43. The van der Waals surface area contributed by atoms with E-state index >= 15 is 0 Å². The topological polar surface area (TPSA) is 155 Å². The van der Waals surface area contributed by atoms with E-state index in [1.165, 1.54) is 128 Å². The lowest BCUT2D eigenvalue weighted by molar-refractivity contribution is -0.154. The fourth-order valence-corrected chi connectivity index (χ4v) is 7.95. The number of phosphoric ester groups is 1. The van der Waals surface area contributed by atoms with Crippen LogP contribution in [0.1, 0.15) is 232 Å². The molecule has 0 aliphatic rings. The van der Waals surface area contributed by atoms with Crippen molar-refractivity contribution in [2.45, 2.75) is 244 Å². The van der Waals surface area contributed by atoms with Gasteiger partial charge in [0.15, 0.2) is 0 Å². The van der Waals surface area contributed by atoms with Crippen LogP contribution in [-0.2, 0) is 32.7 Å². The van der Waals surface area contributed by atoms with Gasteiger partial charge in [0.1, 0.15) is 12.1 Å². The Hall–Kier alpha value is -2.33. The molecule has 0 aromatic heterocycles. The number of allylic oxidation sites excluding steroid dienone is 10. The molecule has 0 radical (unpaired) electrons. The summed E-state index contributed by atoms with van der Waals surface area (Å²) in [4.78, 5) is 33.7. The van der Waals surface area contributed by atoms with Crippen LogP contribution in [0.2, 0.25) is 0 Å². The smallest absolute Gasteiger partial charge is 0.472 e. The van der Waals surface area contributed by atoms with Crippen molar-refractivity contribution >= 4 is 19.8 Å². The zero-order valence-electron chi connectivity index (χ0n) is 41.6. The molecule has 3 atom stereocenters. The number of esters is 1. The molecule has 0 heterocycles. The molecule has 0 amide bonds. The Bertz CT molecular complexity index is 1270. The van der Waals surface area contributed by atoms with Gasteiger partial charge in [-0.2, -0.15) is 0 Å². The molecule has 0 saturated carbocycles. The first-order valence-electron chi connectivity index (χ1n) is 26.3. The standard InChI is InChI=1S/C54H98NO9P/c1-3-5-7-9-11-13-15-17-19-21-23-24-25-26-27-29-31-33-35-37-39-41-43-45-47-61-48-51(49-62-65(59,60)63-50-52(55)54(57)58)64-53(56)46-44-42-40-38-36-34-32-30-28-22-20-18-16-14-12-10-8-6-4-2/h12,14-15,17-18,20-21,23,28,30,51-52H,3-11,13,16,19,22,24-27,29,31-50,55H2,1-2H3,(H,57,58)(H,59,60)/b14-12-,17-15-,20-18-,23-21-,30-28-. The van der Waals surface area contributed by atoms with Gasteiger partial charge in [0.25, 0.3) is 0 Å². The van der Waals surface area contributed by atoms with Crippen LogP contribution < -0.4 is 5.73 Å². The monoisotopic (exact) mass is 936 g/mol. The van der Waals surface area contributed by atoms with Crippen molar-refractivity contribution in [3.8, 4) is 0 Å². The maximum Gasteiger partial charge on any atom is 0.472 e. The summed E-state index contributed by atoms with van der Waals surface area (Å²) in [6.45, 7) is 3.85. The number of hydrogen-bond donors (Lipinski definition) is 3. The van der Waals surface area contributed by atoms with E-state index in [-0.39, 0.29) is 13.0 Å². The van der Waals surface area contributed by atoms with Crippen LogP contribution in [0.15, 0.2) is 60.8 Å². The van der Waals surface area contributed by atoms with E-state index < -0.39 is 45.1 Å². The van der Waals surface area contributed by atoms with Gasteiger partial charge in [-0.05, 0) is 83.5 Å². The fraction of sp³-hybridized carbons (Fsp3) is 0.778. The number of nitrogens with two attached hydrogens (primary N) is 1. The van der Waals surface area contributed by atoms with Gasteiger partial charge in [-0.1, -0.05) is 203 Å². The zero-order chi connectivity index (χ0) is 47.6. The van der Waals surface area contributed by atoms with E-state index in [0.717, 1.165) is 77.0 Å². The molecular weight excluding hydrogens is 838 g/mol. The first-order chi connectivity index (χ1) is 31.7. The second-order valence-electron chi connectivity index (χ2n) is 17.6. The zero-order valence-corrected chi connectivity index (χ0v) is 42.5. The summed E-state index contributed by atoms with van der Waals surface area (Å²) in [5.74, 6) is -1.79. The van der Waals surface area contributed by atoms with Crippen LogP contribution >= 0.6 is 7.82 Å². The van der Waals surface area contributed by atoms with E-state index in [4.69, 9.17) is 29.4 Å².